The van der Waals surface area contributed by atoms with Gasteiger partial charge in [-0.05, 0) is 19.4 Å². The van der Waals surface area contributed by atoms with Crippen molar-refractivity contribution >= 4 is 11.0 Å². The molecule has 1 saturated heterocycles. The molecule has 0 aliphatic carbocycles. The molecule has 3 aromatic rings. The molecule has 0 spiro atoms. The highest BCUT2D eigenvalue weighted by molar-refractivity contribution is 5.86. The minimum absolute atomic E-state index is 0.119. The molecule has 1 aromatic heterocycles. The quantitative estimate of drug-likeness (QED) is 0.513. The van der Waals surface area contributed by atoms with Crippen LogP contribution in [0.15, 0.2) is 57.7 Å². The van der Waals surface area contributed by atoms with E-state index >= 15 is 0 Å². The second-order valence-corrected chi connectivity index (χ2v) is 7.87. The molecule has 0 atom stereocenters. The van der Waals surface area contributed by atoms with Gasteiger partial charge >= 0.3 is 0 Å². The lowest BCUT2D eigenvalue weighted by molar-refractivity contribution is 0.0371. The van der Waals surface area contributed by atoms with E-state index < -0.39 is 0 Å². The van der Waals surface area contributed by atoms with Crippen LogP contribution in [0.4, 0.5) is 0 Å². The summed E-state index contributed by atoms with van der Waals surface area (Å²) in [4.78, 5) is 15.0. The van der Waals surface area contributed by atoms with Crippen LogP contribution in [0.25, 0.3) is 22.3 Å². The predicted molar refractivity (Wildman–Crippen MR) is 121 cm³/mol. The lowest BCUT2D eigenvalue weighted by Gasteiger charge is -2.26. The first-order valence-electron chi connectivity index (χ1n) is 11.0. The third-order valence-corrected chi connectivity index (χ3v) is 5.58. The van der Waals surface area contributed by atoms with Gasteiger partial charge in [-0.2, -0.15) is 0 Å². The van der Waals surface area contributed by atoms with E-state index in [-0.39, 0.29) is 16.6 Å². The molecule has 2 aromatic carbocycles. The van der Waals surface area contributed by atoms with E-state index in [1.54, 1.807) is 6.07 Å². The van der Waals surface area contributed by atoms with Crippen molar-refractivity contribution in [3.05, 3.63) is 58.8 Å². The molecule has 0 radical (unpaired) electrons. The molecular weight excluding hydrogens is 394 g/mol. The van der Waals surface area contributed by atoms with Crippen molar-refractivity contribution in [1.82, 2.24) is 4.90 Å². The SMILES string of the molecule is O=c1cc(-c2ccccc2)oc2cc(OCCCCCCN3CCOCC3)cc(O)c12. The van der Waals surface area contributed by atoms with Crippen LogP contribution in [0.1, 0.15) is 25.7 Å². The summed E-state index contributed by atoms with van der Waals surface area (Å²) in [5, 5.41) is 10.5. The number of phenolic OH excluding ortho intramolecular Hbond substituents is 1. The Labute approximate surface area is 182 Å². The van der Waals surface area contributed by atoms with Crippen LogP contribution in [0.3, 0.4) is 0 Å². The molecule has 31 heavy (non-hydrogen) atoms. The maximum absolute atomic E-state index is 12.5. The predicted octanol–water partition coefficient (Wildman–Crippen LogP) is 4.44. The fourth-order valence-electron chi connectivity index (χ4n) is 3.88. The smallest absolute Gasteiger partial charge is 0.197 e. The highest BCUT2D eigenvalue weighted by Crippen LogP contribution is 2.31. The first kappa shape index (κ1) is 21.4. The molecule has 0 amide bonds. The number of hydrogen-bond donors (Lipinski definition) is 1. The molecule has 4 rings (SSSR count). The Hall–Kier alpha value is -2.83. The molecule has 1 aliphatic rings. The van der Waals surface area contributed by atoms with Gasteiger partial charge in [-0.3, -0.25) is 9.69 Å². The van der Waals surface area contributed by atoms with Gasteiger partial charge < -0.3 is 19.0 Å². The number of phenols is 1. The van der Waals surface area contributed by atoms with E-state index in [9.17, 15) is 9.90 Å². The van der Waals surface area contributed by atoms with Crippen LogP contribution in [0, 0.1) is 0 Å². The van der Waals surface area contributed by atoms with Crippen LogP contribution < -0.4 is 10.2 Å². The van der Waals surface area contributed by atoms with E-state index in [0.717, 1.165) is 51.3 Å². The Kier molecular flexibility index (Phi) is 7.22. The number of hydrogen-bond acceptors (Lipinski definition) is 6. The van der Waals surface area contributed by atoms with Crippen LogP contribution in [-0.4, -0.2) is 49.5 Å². The Morgan fingerprint density at radius 2 is 1.74 bits per heavy atom. The summed E-state index contributed by atoms with van der Waals surface area (Å²) in [5.74, 6) is 0.855. The summed E-state index contributed by atoms with van der Waals surface area (Å²) < 4.78 is 17.1. The molecule has 1 N–H and O–H groups in total. The highest BCUT2D eigenvalue weighted by Gasteiger charge is 2.13. The highest BCUT2D eigenvalue weighted by atomic mass is 16.5. The topological polar surface area (TPSA) is 72.1 Å². The fourth-order valence-corrected chi connectivity index (χ4v) is 3.88. The van der Waals surface area contributed by atoms with Gasteiger partial charge in [-0.1, -0.05) is 43.2 Å². The summed E-state index contributed by atoms with van der Waals surface area (Å²) in [6.07, 6.45) is 4.39. The van der Waals surface area contributed by atoms with Gasteiger partial charge in [-0.15, -0.1) is 0 Å². The third kappa shape index (κ3) is 5.66. The maximum Gasteiger partial charge on any atom is 0.197 e. The number of nitrogens with zero attached hydrogens (tertiary/aromatic N) is 1. The summed E-state index contributed by atoms with van der Waals surface area (Å²) in [7, 11) is 0. The molecule has 0 unspecified atom stereocenters. The molecule has 1 aliphatic heterocycles. The lowest BCUT2D eigenvalue weighted by Crippen LogP contribution is -2.36. The zero-order chi connectivity index (χ0) is 21.5. The molecule has 164 valence electrons. The number of rotatable bonds is 9. The van der Waals surface area contributed by atoms with Crippen molar-refractivity contribution in [2.24, 2.45) is 0 Å². The molecule has 6 heteroatoms. The van der Waals surface area contributed by atoms with Crippen molar-refractivity contribution in [3.8, 4) is 22.8 Å². The Bertz CT molecular complexity index is 1040. The largest absolute Gasteiger partial charge is 0.507 e. The molecular formula is C25H29NO5. The van der Waals surface area contributed by atoms with Crippen LogP contribution in [0.2, 0.25) is 0 Å². The molecule has 2 heterocycles. The fraction of sp³-hybridized carbons (Fsp3) is 0.400. The van der Waals surface area contributed by atoms with Gasteiger partial charge in [0.05, 0.1) is 19.8 Å². The Balaban J connectivity index is 1.32. The van der Waals surface area contributed by atoms with Gasteiger partial charge in [0.25, 0.3) is 0 Å². The Morgan fingerprint density at radius 1 is 0.968 bits per heavy atom. The van der Waals surface area contributed by atoms with E-state index in [4.69, 9.17) is 13.9 Å². The zero-order valence-corrected chi connectivity index (χ0v) is 17.7. The minimum atomic E-state index is -0.274. The summed E-state index contributed by atoms with van der Waals surface area (Å²) in [6.45, 7) is 5.46. The molecule has 6 nitrogen and oxygen atoms in total. The number of benzene rings is 2. The van der Waals surface area contributed by atoms with Gasteiger partial charge in [-0.25, -0.2) is 0 Å². The number of ether oxygens (including phenoxy) is 2. The van der Waals surface area contributed by atoms with Crippen molar-refractivity contribution in [2.75, 3.05) is 39.5 Å². The van der Waals surface area contributed by atoms with Crippen molar-refractivity contribution < 1.29 is 19.0 Å². The van der Waals surface area contributed by atoms with E-state index in [1.807, 2.05) is 30.3 Å². The maximum atomic E-state index is 12.5. The number of unbranched alkanes of at least 4 members (excludes halogenated alkanes) is 3. The zero-order valence-electron chi connectivity index (χ0n) is 17.7. The summed E-state index contributed by atoms with van der Waals surface area (Å²) in [6, 6.07) is 14.0. The first-order valence-corrected chi connectivity index (χ1v) is 11.0. The van der Waals surface area contributed by atoms with Crippen LogP contribution >= 0.6 is 0 Å². The first-order chi connectivity index (χ1) is 15.2. The van der Waals surface area contributed by atoms with Crippen molar-refractivity contribution in [3.63, 3.8) is 0 Å². The average Bonchev–Trinajstić information content (AvgIpc) is 2.79. The number of morpholine rings is 1. The molecule has 0 bridgehead atoms. The number of fused-ring (bicyclic) bond motifs is 1. The van der Waals surface area contributed by atoms with Crippen LogP contribution in [0.5, 0.6) is 11.5 Å². The number of aromatic hydroxyl groups is 1. The second kappa shape index (κ2) is 10.5. The third-order valence-electron chi connectivity index (χ3n) is 5.58. The average molecular weight is 424 g/mol. The normalized spacial score (nSPS) is 14.7. The summed E-state index contributed by atoms with van der Waals surface area (Å²) in [5.41, 5.74) is 0.862. The van der Waals surface area contributed by atoms with Gasteiger partial charge in [0, 0.05) is 36.9 Å². The van der Waals surface area contributed by atoms with E-state index in [0.29, 0.717) is 23.7 Å². The van der Waals surface area contributed by atoms with Crippen molar-refractivity contribution in [2.45, 2.75) is 25.7 Å². The molecule has 0 saturated carbocycles. The summed E-state index contributed by atoms with van der Waals surface area (Å²) >= 11 is 0. The monoisotopic (exact) mass is 423 g/mol. The van der Waals surface area contributed by atoms with Gasteiger partial charge in [0.1, 0.15) is 28.2 Å². The van der Waals surface area contributed by atoms with Gasteiger partial charge in [0.15, 0.2) is 5.43 Å². The van der Waals surface area contributed by atoms with Crippen LogP contribution in [-0.2, 0) is 4.74 Å². The minimum Gasteiger partial charge on any atom is -0.507 e. The van der Waals surface area contributed by atoms with E-state index in [2.05, 4.69) is 4.90 Å². The Morgan fingerprint density at radius 3 is 2.55 bits per heavy atom. The lowest BCUT2D eigenvalue weighted by atomic mass is 10.1. The second-order valence-electron chi connectivity index (χ2n) is 7.87. The van der Waals surface area contributed by atoms with E-state index in [1.165, 1.54) is 25.0 Å². The molecule has 1 fully saturated rings. The standard InChI is InChI=1S/C25H29NO5/c27-21-16-20(30-13-7-2-1-6-10-26-11-14-29-15-12-26)17-24-25(21)22(28)18-23(31-24)19-8-4-3-5-9-19/h3-5,8-9,16-18,27H,1-2,6-7,10-15H2. The van der Waals surface area contributed by atoms with Gasteiger partial charge in [0.2, 0.25) is 0 Å². The van der Waals surface area contributed by atoms with Crippen molar-refractivity contribution in [1.29, 1.82) is 0 Å².